The number of aromatic amines is 1. The summed E-state index contributed by atoms with van der Waals surface area (Å²) in [7, 11) is 0. The molecule has 3 heterocycles. The van der Waals surface area contributed by atoms with E-state index in [2.05, 4.69) is 20.4 Å². The van der Waals surface area contributed by atoms with Crippen LogP contribution in [-0.4, -0.2) is 38.2 Å². The van der Waals surface area contributed by atoms with Gasteiger partial charge in [-0.05, 0) is 25.5 Å². The summed E-state index contributed by atoms with van der Waals surface area (Å²) in [6.45, 7) is 3.95. The minimum Gasteiger partial charge on any atom is -0.466 e. The van der Waals surface area contributed by atoms with E-state index in [1.807, 2.05) is 6.92 Å². The van der Waals surface area contributed by atoms with Crippen LogP contribution < -0.4 is 10.9 Å². The van der Waals surface area contributed by atoms with Crippen molar-refractivity contribution in [2.75, 3.05) is 11.9 Å². The number of hydrogen-bond donors (Lipinski definition) is 2. The first-order chi connectivity index (χ1) is 14.5. The first kappa shape index (κ1) is 21.0. The van der Waals surface area contributed by atoms with Crippen LogP contribution >= 0.6 is 0 Å². The lowest BCUT2D eigenvalue weighted by atomic mass is 10.2. The summed E-state index contributed by atoms with van der Waals surface area (Å²) in [5, 5.41) is 7.14. The SMILES string of the molecule is CCCc1cc(=O)[nH]c(-n2nc(-c3ccco3)cc2NC(=O)CCC(=O)OCC)n1. The molecule has 0 aliphatic heterocycles. The number of rotatable bonds is 9. The van der Waals surface area contributed by atoms with Gasteiger partial charge in [-0.25, -0.2) is 4.98 Å². The number of nitrogens with one attached hydrogen (secondary N) is 2. The van der Waals surface area contributed by atoms with Crippen molar-refractivity contribution in [1.29, 1.82) is 0 Å². The number of anilines is 1. The molecular formula is C20H23N5O5. The maximum absolute atomic E-state index is 12.4. The van der Waals surface area contributed by atoms with E-state index in [1.54, 1.807) is 25.1 Å². The van der Waals surface area contributed by atoms with Gasteiger partial charge in [0.2, 0.25) is 11.9 Å². The van der Waals surface area contributed by atoms with Crippen LogP contribution in [0.5, 0.6) is 0 Å². The second-order valence-electron chi connectivity index (χ2n) is 6.47. The largest absolute Gasteiger partial charge is 0.466 e. The highest BCUT2D eigenvalue weighted by atomic mass is 16.5. The number of ether oxygens (including phenoxy) is 1. The molecule has 10 nitrogen and oxygen atoms in total. The van der Waals surface area contributed by atoms with Gasteiger partial charge in [0.15, 0.2) is 5.76 Å². The van der Waals surface area contributed by atoms with Gasteiger partial charge in [0.25, 0.3) is 5.56 Å². The van der Waals surface area contributed by atoms with Crippen LogP contribution in [0.15, 0.2) is 39.7 Å². The predicted octanol–water partition coefficient (Wildman–Crippen LogP) is 2.45. The predicted molar refractivity (Wildman–Crippen MR) is 108 cm³/mol. The molecule has 0 bridgehead atoms. The molecule has 3 aromatic rings. The third-order valence-electron chi connectivity index (χ3n) is 4.10. The average molecular weight is 413 g/mol. The van der Waals surface area contributed by atoms with Gasteiger partial charge >= 0.3 is 5.97 Å². The van der Waals surface area contributed by atoms with E-state index in [0.717, 1.165) is 6.42 Å². The fourth-order valence-corrected chi connectivity index (χ4v) is 2.81. The van der Waals surface area contributed by atoms with Crippen molar-refractivity contribution in [2.45, 2.75) is 39.5 Å². The van der Waals surface area contributed by atoms with E-state index < -0.39 is 11.9 Å². The quantitative estimate of drug-likeness (QED) is 0.515. The Morgan fingerprint density at radius 3 is 2.80 bits per heavy atom. The maximum Gasteiger partial charge on any atom is 0.306 e. The lowest BCUT2D eigenvalue weighted by Gasteiger charge is -2.09. The number of carbonyl (C=O) groups is 2. The van der Waals surface area contributed by atoms with Gasteiger partial charge in [-0.2, -0.15) is 9.78 Å². The number of nitrogens with zero attached hydrogens (tertiary/aromatic N) is 3. The highest BCUT2D eigenvalue weighted by molar-refractivity contribution is 5.92. The average Bonchev–Trinajstić information content (AvgIpc) is 3.36. The Morgan fingerprint density at radius 1 is 1.27 bits per heavy atom. The van der Waals surface area contributed by atoms with Crippen LogP contribution in [0.25, 0.3) is 17.4 Å². The lowest BCUT2D eigenvalue weighted by molar-refractivity contribution is -0.144. The number of furan rings is 1. The van der Waals surface area contributed by atoms with Gasteiger partial charge in [-0.1, -0.05) is 13.3 Å². The highest BCUT2D eigenvalue weighted by Crippen LogP contribution is 2.24. The van der Waals surface area contributed by atoms with Crippen LogP contribution in [-0.2, 0) is 20.7 Å². The van der Waals surface area contributed by atoms with Crippen molar-refractivity contribution in [3.8, 4) is 17.4 Å². The van der Waals surface area contributed by atoms with Gasteiger partial charge in [-0.3, -0.25) is 19.4 Å². The number of esters is 1. The molecule has 2 N–H and O–H groups in total. The second-order valence-corrected chi connectivity index (χ2v) is 6.47. The van der Waals surface area contributed by atoms with Gasteiger partial charge < -0.3 is 14.5 Å². The Kier molecular flexibility index (Phi) is 6.79. The summed E-state index contributed by atoms with van der Waals surface area (Å²) in [6, 6.07) is 6.48. The Hall–Kier alpha value is -3.69. The summed E-state index contributed by atoms with van der Waals surface area (Å²) in [5.74, 6) is 0.0947. The fraction of sp³-hybridized carbons (Fsp3) is 0.350. The molecule has 0 atom stereocenters. The molecule has 0 radical (unpaired) electrons. The second kappa shape index (κ2) is 9.68. The van der Waals surface area contributed by atoms with Crippen molar-refractivity contribution < 1.29 is 18.7 Å². The molecule has 158 valence electrons. The molecule has 3 rings (SSSR count). The molecule has 0 saturated heterocycles. The van der Waals surface area contributed by atoms with Gasteiger partial charge in [0, 0.05) is 24.2 Å². The zero-order valence-electron chi connectivity index (χ0n) is 16.8. The summed E-state index contributed by atoms with van der Waals surface area (Å²) < 4.78 is 11.6. The maximum atomic E-state index is 12.4. The summed E-state index contributed by atoms with van der Waals surface area (Å²) in [6.07, 6.45) is 2.86. The molecule has 10 heteroatoms. The number of aryl methyl sites for hydroxylation is 1. The smallest absolute Gasteiger partial charge is 0.306 e. The zero-order chi connectivity index (χ0) is 21.5. The molecule has 0 spiro atoms. The molecule has 0 aromatic carbocycles. The monoisotopic (exact) mass is 413 g/mol. The van der Waals surface area contributed by atoms with Crippen molar-refractivity contribution in [1.82, 2.24) is 19.7 Å². The van der Waals surface area contributed by atoms with Crippen molar-refractivity contribution >= 4 is 17.7 Å². The van der Waals surface area contributed by atoms with Gasteiger partial charge in [0.05, 0.1) is 19.3 Å². The Labute approximate surface area is 172 Å². The first-order valence-corrected chi connectivity index (χ1v) is 9.70. The van der Waals surface area contributed by atoms with Gasteiger partial charge in [0.1, 0.15) is 11.5 Å². The molecule has 0 unspecified atom stereocenters. The van der Waals surface area contributed by atoms with E-state index in [-0.39, 0.29) is 36.8 Å². The van der Waals surface area contributed by atoms with E-state index in [0.29, 0.717) is 23.6 Å². The Morgan fingerprint density at radius 2 is 2.10 bits per heavy atom. The highest BCUT2D eigenvalue weighted by Gasteiger charge is 2.18. The molecule has 0 saturated carbocycles. The molecular weight excluding hydrogens is 390 g/mol. The molecule has 0 aliphatic carbocycles. The van der Waals surface area contributed by atoms with Crippen molar-refractivity contribution in [2.24, 2.45) is 0 Å². The molecule has 0 fully saturated rings. The summed E-state index contributed by atoms with van der Waals surface area (Å²) in [5.41, 5.74) is 0.744. The zero-order valence-corrected chi connectivity index (χ0v) is 16.8. The van der Waals surface area contributed by atoms with E-state index >= 15 is 0 Å². The van der Waals surface area contributed by atoms with E-state index in [9.17, 15) is 14.4 Å². The van der Waals surface area contributed by atoms with Crippen LogP contribution in [0.3, 0.4) is 0 Å². The Balaban J connectivity index is 1.91. The van der Waals surface area contributed by atoms with Crippen molar-refractivity contribution in [3.05, 3.63) is 46.6 Å². The fourth-order valence-electron chi connectivity index (χ4n) is 2.81. The minimum atomic E-state index is -0.448. The molecule has 1 amide bonds. The number of aromatic nitrogens is 4. The normalized spacial score (nSPS) is 10.7. The number of hydrogen-bond acceptors (Lipinski definition) is 7. The third-order valence-corrected chi connectivity index (χ3v) is 4.10. The van der Waals surface area contributed by atoms with E-state index in [1.165, 1.54) is 17.0 Å². The number of H-pyrrole nitrogens is 1. The topological polar surface area (TPSA) is 132 Å². The van der Waals surface area contributed by atoms with Gasteiger partial charge in [-0.15, -0.1) is 0 Å². The molecule has 3 aromatic heterocycles. The van der Waals surface area contributed by atoms with Crippen LogP contribution in [0.4, 0.5) is 5.82 Å². The minimum absolute atomic E-state index is 0.0417. The summed E-state index contributed by atoms with van der Waals surface area (Å²) >= 11 is 0. The first-order valence-electron chi connectivity index (χ1n) is 9.70. The van der Waals surface area contributed by atoms with Crippen LogP contribution in [0.2, 0.25) is 0 Å². The summed E-state index contributed by atoms with van der Waals surface area (Å²) in [4.78, 5) is 43.0. The molecule has 0 aliphatic rings. The Bertz CT molecular complexity index is 1070. The number of amides is 1. The standard InChI is InChI=1S/C20H23N5O5/c1-3-6-13-11-18(27)23-20(21-13)25-16(12-14(24-25)15-7-5-10-30-15)22-17(26)8-9-19(28)29-4-2/h5,7,10-12H,3-4,6,8-9H2,1-2H3,(H,22,26)(H,21,23,27). The van der Waals surface area contributed by atoms with Crippen LogP contribution in [0.1, 0.15) is 38.8 Å². The van der Waals surface area contributed by atoms with Crippen LogP contribution in [0, 0.1) is 0 Å². The lowest BCUT2D eigenvalue weighted by Crippen LogP contribution is -2.20. The number of carbonyl (C=O) groups excluding carboxylic acids is 2. The third kappa shape index (κ3) is 5.22. The molecule has 30 heavy (non-hydrogen) atoms. The van der Waals surface area contributed by atoms with E-state index in [4.69, 9.17) is 9.15 Å². The van der Waals surface area contributed by atoms with Crippen molar-refractivity contribution in [3.63, 3.8) is 0 Å².